The van der Waals surface area contributed by atoms with E-state index in [2.05, 4.69) is 32.7 Å². The molecule has 0 aromatic carbocycles. The second-order valence-electron chi connectivity index (χ2n) is 3.65. The van der Waals surface area contributed by atoms with E-state index in [0.717, 1.165) is 6.42 Å². The van der Waals surface area contributed by atoms with Gasteiger partial charge in [0, 0.05) is 12.8 Å². The minimum Gasteiger partial charge on any atom is -0.298 e. The maximum Gasteiger partial charge on any atom is 0.0276 e. The van der Waals surface area contributed by atoms with E-state index in [-0.39, 0.29) is 0 Å². The molecule has 0 aliphatic rings. The second-order valence-corrected chi connectivity index (χ2v) is 3.65. The van der Waals surface area contributed by atoms with Crippen LogP contribution in [0.3, 0.4) is 0 Å². The molecule has 1 nitrogen and oxygen atoms in total. The predicted molar refractivity (Wildman–Crippen MR) is 47.7 cm³/mol. The highest BCUT2D eigenvalue weighted by Gasteiger charge is 2.15. The fourth-order valence-corrected chi connectivity index (χ4v) is 0.897. The third kappa shape index (κ3) is 3.65. The maximum atomic E-state index is 4.14. The minimum absolute atomic E-state index is 0.434. The Balaban J connectivity index is 3.88. The van der Waals surface area contributed by atoms with Gasteiger partial charge in [-0.2, -0.15) is 0 Å². The van der Waals surface area contributed by atoms with E-state index in [0.29, 0.717) is 5.41 Å². The summed E-state index contributed by atoms with van der Waals surface area (Å²) in [6.07, 6.45) is 2.35. The lowest BCUT2D eigenvalue weighted by Crippen LogP contribution is -2.13. The number of rotatable bonds is 3. The largest absolute Gasteiger partial charge is 0.298 e. The minimum atomic E-state index is 0.434. The van der Waals surface area contributed by atoms with E-state index >= 15 is 0 Å². The zero-order valence-electron chi connectivity index (χ0n) is 7.86. The Morgan fingerprint density at radius 1 is 1.40 bits per heavy atom. The first-order valence-corrected chi connectivity index (χ1v) is 3.94. The van der Waals surface area contributed by atoms with Crippen molar-refractivity contribution < 1.29 is 0 Å². The summed E-state index contributed by atoms with van der Waals surface area (Å²) in [6, 6.07) is 0. The van der Waals surface area contributed by atoms with E-state index in [4.69, 9.17) is 0 Å². The third-order valence-corrected chi connectivity index (χ3v) is 2.07. The summed E-state index contributed by atoms with van der Waals surface area (Å²) >= 11 is 0. The quantitative estimate of drug-likeness (QED) is 0.536. The first-order valence-electron chi connectivity index (χ1n) is 3.94. The van der Waals surface area contributed by atoms with Crippen LogP contribution in [0.5, 0.6) is 0 Å². The molecular weight excluding hydrogens is 122 g/mol. The Kier molecular flexibility index (Phi) is 3.62. The van der Waals surface area contributed by atoms with Gasteiger partial charge in [-0.25, -0.2) is 0 Å². The van der Waals surface area contributed by atoms with Gasteiger partial charge >= 0.3 is 0 Å². The molecule has 0 N–H and O–H groups in total. The molecule has 0 aliphatic carbocycles. The second kappa shape index (κ2) is 3.75. The van der Waals surface area contributed by atoms with Crippen LogP contribution >= 0.6 is 0 Å². The number of hydrogen-bond donors (Lipinski definition) is 0. The predicted octanol–water partition coefficient (Wildman–Crippen LogP) is 2.90. The fraction of sp³-hybridized carbons (Fsp3) is 0.889. The summed E-state index contributed by atoms with van der Waals surface area (Å²) in [7, 11) is 1.86. The van der Waals surface area contributed by atoms with Crippen LogP contribution in [0.2, 0.25) is 0 Å². The van der Waals surface area contributed by atoms with Crippen molar-refractivity contribution in [2.24, 2.45) is 10.4 Å². The Bertz CT molecular complexity index is 123. The van der Waals surface area contributed by atoms with Gasteiger partial charge in [0.2, 0.25) is 0 Å². The lowest BCUT2D eigenvalue weighted by atomic mass is 9.85. The Morgan fingerprint density at radius 2 is 1.90 bits per heavy atom. The summed E-state index contributed by atoms with van der Waals surface area (Å²) in [5, 5.41) is 0. The van der Waals surface area contributed by atoms with Crippen LogP contribution in [-0.2, 0) is 0 Å². The zero-order valence-corrected chi connectivity index (χ0v) is 7.86. The van der Waals surface area contributed by atoms with Gasteiger partial charge in [-0.05, 0) is 18.8 Å². The standard InChI is InChI=1S/C9H19N/c1-6-9(3,4)7-8(2)10-5/h6-7H2,1-5H3. The molecular formula is C9H19N. The summed E-state index contributed by atoms with van der Waals surface area (Å²) in [4.78, 5) is 4.14. The van der Waals surface area contributed by atoms with Crippen molar-refractivity contribution in [3.05, 3.63) is 0 Å². The molecule has 0 aromatic heterocycles. The van der Waals surface area contributed by atoms with Crippen molar-refractivity contribution in [3.8, 4) is 0 Å². The van der Waals surface area contributed by atoms with Crippen molar-refractivity contribution in [3.63, 3.8) is 0 Å². The highest BCUT2D eigenvalue weighted by molar-refractivity contribution is 5.82. The lowest BCUT2D eigenvalue weighted by molar-refractivity contribution is 0.367. The Morgan fingerprint density at radius 3 is 2.20 bits per heavy atom. The number of nitrogens with zero attached hydrogens (tertiary/aromatic N) is 1. The van der Waals surface area contributed by atoms with Crippen LogP contribution in [0, 0.1) is 5.41 Å². The highest BCUT2D eigenvalue weighted by Crippen LogP contribution is 2.24. The molecule has 0 radical (unpaired) electrons. The molecule has 0 amide bonds. The average molecular weight is 141 g/mol. The van der Waals surface area contributed by atoms with Crippen LogP contribution in [0.15, 0.2) is 4.99 Å². The van der Waals surface area contributed by atoms with Gasteiger partial charge in [-0.1, -0.05) is 27.2 Å². The molecule has 0 fully saturated rings. The Labute approximate surface area is 64.6 Å². The molecule has 0 bridgehead atoms. The van der Waals surface area contributed by atoms with E-state index in [9.17, 15) is 0 Å². The molecule has 0 rings (SSSR count). The van der Waals surface area contributed by atoms with Gasteiger partial charge in [-0.15, -0.1) is 0 Å². The zero-order chi connectivity index (χ0) is 8.20. The SMILES string of the molecule is CCC(C)(C)CC(C)=NC. The van der Waals surface area contributed by atoms with Crippen molar-refractivity contribution >= 4 is 5.71 Å². The molecule has 0 aliphatic heterocycles. The molecule has 0 spiro atoms. The summed E-state index contributed by atoms with van der Waals surface area (Å²) in [6.45, 7) is 8.88. The first kappa shape index (κ1) is 9.67. The van der Waals surface area contributed by atoms with E-state index in [1.165, 1.54) is 12.1 Å². The topological polar surface area (TPSA) is 12.4 Å². The molecule has 0 saturated carbocycles. The van der Waals surface area contributed by atoms with Gasteiger partial charge in [0.25, 0.3) is 0 Å². The van der Waals surface area contributed by atoms with Crippen LogP contribution < -0.4 is 0 Å². The maximum absolute atomic E-state index is 4.14. The summed E-state index contributed by atoms with van der Waals surface area (Å²) < 4.78 is 0. The van der Waals surface area contributed by atoms with Gasteiger partial charge < -0.3 is 0 Å². The van der Waals surface area contributed by atoms with Crippen LogP contribution in [0.25, 0.3) is 0 Å². The van der Waals surface area contributed by atoms with E-state index < -0.39 is 0 Å². The fourth-order valence-electron chi connectivity index (χ4n) is 0.897. The first-order chi connectivity index (χ1) is 4.52. The summed E-state index contributed by atoms with van der Waals surface area (Å²) in [5.74, 6) is 0. The third-order valence-electron chi connectivity index (χ3n) is 2.07. The molecule has 1 heteroatoms. The van der Waals surface area contributed by atoms with Gasteiger partial charge in [0.05, 0.1) is 0 Å². The molecule has 0 heterocycles. The van der Waals surface area contributed by atoms with Gasteiger partial charge in [0.15, 0.2) is 0 Å². The smallest absolute Gasteiger partial charge is 0.0276 e. The number of hydrogen-bond acceptors (Lipinski definition) is 1. The van der Waals surface area contributed by atoms with Crippen LogP contribution in [0.1, 0.15) is 40.5 Å². The van der Waals surface area contributed by atoms with Gasteiger partial charge in [0.1, 0.15) is 0 Å². The van der Waals surface area contributed by atoms with Crippen molar-refractivity contribution in [1.29, 1.82) is 0 Å². The monoisotopic (exact) mass is 141 g/mol. The normalized spacial score (nSPS) is 13.9. The Hall–Kier alpha value is -0.330. The molecule has 60 valence electrons. The lowest BCUT2D eigenvalue weighted by Gasteiger charge is -2.21. The van der Waals surface area contributed by atoms with Crippen molar-refractivity contribution in [2.45, 2.75) is 40.5 Å². The molecule has 0 unspecified atom stereocenters. The van der Waals surface area contributed by atoms with Crippen LogP contribution in [0.4, 0.5) is 0 Å². The van der Waals surface area contributed by atoms with Crippen molar-refractivity contribution in [2.75, 3.05) is 7.05 Å². The van der Waals surface area contributed by atoms with Crippen molar-refractivity contribution in [1.82, 2.24) is 0 Å². The van der Waals surface area contributed by atoms with E-state index in [1.807, 2.05) is 7.05 Å². The van der Waals surface area contributed by atoms with E-state index in [1.54, 1.807) is 0 Å². The molecule has 0 saturated heterocycles. The molecule has 0 atom stereocenters. The van der Waals surface area contributed by atoms with Crippen LogP contribution in [-0.4, -0.2) is 12.8 Å². The molecule has 0 aromatic rings. The highest BCUT2D eigenvalue weighted by atomic mass is 14.7. The molecule has 10 heavy (non-hydrogen) atoms. The average Bonchev–Trinajstić information content (AvgIpc) is 1.87. The summed E-state index contributed by atoms with van der Waals surface area (Å²) in [5.41, 5.74) is 1.69. The van der Waals surface area contributed by atoms with Gasteiger partial charge in [-0.3, -0.25) is 4.99 Å². The number of aliphatic imine (C=N–C) groups is 1.